The van der Waals surface area contributed by atoms with Gasteiger partial charge in [0.15, 0.2) is 0 Å². The van der Waals surface area contributed by atoms with Crippen LogP contribution in [0.1, 0.15) is 40.0 Å². The number of methoxy groups -OCH3 is 1. The maximum Gasteiger partial charge on any atom is 0.147 e. The van der Waals surface area contributed by atoms with E-state index in [9.17, 15) is 4.79 Å². The average Bonchev–Trinajstić information content (AvgIpc) is 2.36. The Balaban J connectivity index is 2.45. The van der Waals surface area contributed by atoms with Crippen molar-refractivity contribution in [3.8, 4) is 0 Å². The number of hydrogen-bond donors (Lipinski definition) is 0. The minimum Gasteiger partial charge on any atom is -0.379 e. The molecule has 1 heterocycles. The van der Waals surface area contributed by atoms with E-state index in [0.717, 1.165) is 18.6 Å². The molecule has 1 rings (SSSR count). The van der Waals surface area contributed by atoms with Crippen molar-refractivity contribution in [2.45, 2.75) is 56.1 Å². The molecule has 2 unspecified atom stereocenters. The molecule has 0 N–H and O–H groups in total. The second kappa shape index (κ2) is 7.05. The third kappa shape index (κ3) is 4.84. The largest absolute Gasteiger partial charge is 0.379 e. The first-order valence-electron chi connectivity index (χ1n) is 6.31. The van der Waals surface area contributed by atoms with Gasteiger partial charge in [-0.05, 0) is 26.7 Å². The van der Waals surface area contributed by atoms with E-state index >= 15 is 0 Å². The van der Waals surface area contributed by atoms with Crippen LogP contribution in [-0.2, 0) is 9.53 Å². The van der Waals surface area contributed by atoms with Crippen molar-refractivity contribution in [2.24, 2.45) is 0 Å². The summed E-state index contributed by atoms with van der Waals surface area (Å²) in [4.78, 5) is 12.2. The van der Waals surface area contributed by atoms with Crippen LogP contribution in [0, 0.1) is 0 Å². The lowest BCUT2D eigenvalue weighted by Gasteiger charge is -2.30. The highest BCUT2D eigenvalue weighted by atomic mass is 32.2. The molecule has 4 heteroatoms. The fourth-order valence-electron chi connectivity index (χ4n) is 1.87. The van der Waals surface area contributed by atoms with Crippen molar-refractivity contribution in [1.82, 2.24) is 0 Å². The Hall–Kier alpha value is 0.330. The number of rotatable bonds is 6. The number of thioether (sulfide) groups is 2. The minimum atomic E-state index is -0.177. The van der Waals surface area contributed by atoms with Crippen LogP contribution in [-0.4, -0.2) is 40.5 Å². The zero-order chi connectivity index (χ0) is 12.9. The number of hydrogen-bond acceptors (Lipinski definition) is 4. The smallest absolute Gasteiger partial charge is 0.147 e. The van der Waals surface area contributed by atoms with Crippen LogP contribution in [0.4, 0.5) is 0 Å². The fraction of sp³-hybridized carbons (Fsp3) is 0.923. The zero-order valence-electron chi connectivity index (χ0n) is 11.3. The molecular formula is C13H24O2S2. The van der Waals surface area contributed by atoms with Crippen molar-refractivity contribution in [2.75, 3.05) is 18.6 Å². The summed E-state index contributed by atoms with van der Waals surface area (Å²) in [5.41, 5.74) is -0.177. The van der Waals surface area contributed by atoms with E-state index in [0.29, 0.717) is 17.5 Å². The van der Waals surface area contributed by atoms with Gasteiger partial charge in [-0.1, -0.05) is 6.92 Å². The summed E-state index contributed by atoms with van der Waals surface area (Å²) in [5, 5.41) is 0.735. The Labute approximate surface area is 114 Å². The van der Waals surface area contributed by atoms with Crippen molar-refractivity contribution in [3.05, 3.63) is 0 Å². The monoisotopic (exact) mass is 276 g/mol. The van der Waals surface area contributed by atoms with Gasteiger partial charge >= 0.3 is 0 Å². The predicted molar refractivity (Wildman–Crippen MR) is 78.1 cm³/mol. The lowest BCUT2D eigenvalue weighted by molar-refractivity contribution is -0.120. The summed E-state index contributed by atoms with van der Waals surface area (Å²) in [6, 6.07) is 0. The van der Waals surface area contributed by atoms with E-state index in [4.69, 9.17) is 4.74 Å². The maximum absolute atomic E-state index is 12.2. The van der Waals surface area contributed by atoms with E-state index < -0.39 is 0 Å². The quantitative estimate of drug-likeness (QED) is 0.743. The maximum atomic E-state index is 12.2. The van der Waals surface area contributed by atoms with E-state index in [1.54, 1.807) is 7.11 Å². The van der Waals surface area contributed by atoms with Crippen LogP contribution in [0.15, 0.2) is 0 Å². The van der Waals surface area contributed by atoms with E-state index in [2.05, 4.69) is 6.92 Å². The molecule has 0 radical (unpaired) electrons. The third-order valence-corrected chi connectivity index (χ3v) is 6.59. The third-order valence-electron chi connectivity index (χ3n) is 3.30. The van der Waals surface area contributed by atoms with Gasteiger partial charge in [-0.15, -0.1) is 11.8 Å². The molecule has 1 fully saturated rings. The number of Topliss-reactive ketones (excluding diaryl/α,β-unsaturated/α-hetero) is 1. The van der Waals surface area contributed by atoms with Crippen LogP contribution >= 0.6 is 23.5 Å². The van der Waals surface area contributed by atoms with Gasteiger partial charge in [0.2, 0.25) is 0 Å². The van der Waals surface area contributed by atoms with Gasteiger partial charge in [0, 0.05) is 30.3 Å². The second-order valence-corrected chi connectivity index (χ2v) is 7.64. The molecule has 0 amide bonds. The fourth-order valence-corrected chi connectivity index (χ4v) is 4.94. The lowest BCUT2D eigenvalue weighted by Crippen LogP contribution is -2.34. The molecule has 1 aliphatic heterocycles. The van der Waals surface area contributed by atoms with E-state index in [-0.39, 0.29) is 10.9 Å². The zero-order valence-corrected chi connectivity index (χ0v) is 13.0. The molecule has 0 saturated carbocycles. The first-order valence-corrected chi connectivity index (χ1v) is 8.41. The van der Waals surface area contributed by atoms with Gasteiger partial charge < -0.3 is 4.74 Å². The van der Waals surface area contributed by atoms with Gasteiger partial charge in [-0.2, -0.15) is 11.8 Å². The molecule has 0 spiro atoms. The van der Waals surface area contributed by atoms with Gasteiger partial charge in [-0.25, -0.2) is 0 Å². The molecule has 0 aliphatic carbocycles. The van der Waals surface area contributed by atoms with Crippen LogP contribution < -0.4 is 0 Å². The molecule has 2 nitrogen and oxygen atoms in total. The van der Waals surface area contributed by atoms with Crippen LogP contribution in [0.3, 0.4) is 0 Å². The molecule has 0 aromatic heterocycles. The Morgan fingerprint density at radius 2 is 2.00 bits per heavy atom. The standard InChI is InChI=1S/C13H24O2S2/c1-5-11-12(17-9-8-16-11)10(14)6-7-13(2,3)15-4/h11-12H,5-9H2,1-4H3. The highest BCUT2D eigenvalue weighted by Crippen LogP contribution is 2.35. The Morgan fingerprint density at radius 3 is 2.59 bits per heavy atom. The number of ether oxygens (including phenoxy) is 1. The highest BCUT2D eigenvalue weighted by Gasteiger charge is 2.31. The van der Waals surface area contributed by atoms with Crippen molar-refractivity contribution >= 4 is 29.3 Å². The summed E-state index contributed by atoms with van der Waals surface area (Å²) in [5.74, 6) is 2.72. The summed E-state index contributed by atoms with van der Waals surface area (Å²) in [6.07, 6.45) is 2.57. The van der Waals surface area contributed by atoms with Crippen molar-refractivity contribution in [3.63, 3.8) is 0 Å². The summed E-state index contributed by atoms with van der Waals surface area (Å²) >= 11 is 3.82. The molecule has 2 atom stereocenters. The molecule has 1 aliphatic rings. The average molecular weight is 276 g/mol. The van der Waals surface area contributed by atoms with Crippen molar-refractivity contribution < 1.29 is 9.53 Å². The van der Waals surface area contributed by atoms with Gasteiger partial charge in [0.25, 0.3) is 0 Å². The molecule has 100 valence electrons. The Bertz CT molecular complexity index is 254. The van der Waals surface area contributed by atoms with E-state index in [1.807, 2.05) is 37.4 Å². The second-order valence-electron chi connectivity index (χ2n) is 5.04. The molecule has 17 heavy (non-hydrogen) atoms. The number of carbonyl (C=O) groups is 1. The molecule has 0 bridgehead atoms. The molecule has 0 aromatic rings. The summed E-state index contributed by atoms with van der Waals surface area (Å²) in [7, 11) is 1.71. The molecular weight excluding hydrogens is 252 g/mol. The predicted octanol–water partition coefficient (Wildman–Crippen LogP) is 3.39. The normalized spacial score (nSPS) is 25.9. The number of ketones is 1. The van der Waals surface area contributed by atoms with Crippen LogP contribution in [0.2, 0.25) is 0 Å². The van der Waals surface area contributed by atoms with Gasteiger partial charge in [-0.3, -0.25) is 4.79 Å². The van der Waals surface area contributed by atoms with Crippen LogP contribution in [0.25, 0.3) is 0 Å². The summed E-state index contributed by atoms with van der Waals surface area (Å²) in [6.45, 7) is 6.27. The Kier molecular flexibility index (Phi) is 6.38. The first kappa shape index (κ1) is 15.4. The van der Waals surface area contributed by atoms with E-state index in [1.165, 1.54) is 5.75 Å². The number of carbonyl (C=O) groups excluding carboxylic acids is 1. The first-order chi connectivity index (χ1) is 8.00. The topological polar surface area (TPSA) is 26.3 Å². The van der Waals surface area contributed by atoms with Crippen LogP contribution in [0.5, 0.6) is 0 Å². The minimum absolute atomic E-state index is 0.177. The SMILES string of the molecule is CCC1SCCSC1C(=O)CCC(C)(C)OC. The van der Waals surface area contributed by atoms with Gasteiger partial charge in [0.05, 0.1) is 10.9 Å². The molecule has 0 aromatic carbocycles. The van der Waals surface area contributed by atoms with Crippen molar-refractivity contribution in [1.29, 1.82) is 0 Å². The summed E-state index contributed by atoms with van der Waals surface area (Å²) < 4.78 is 5.36. The molecule has 1 saturated heterocycles. The lowest BCUT2D eigenvalue weighted by atomic mass is 9.98. The van der Waals surface area contributed by atoms with Gasteiger partial charge in [0.1, 0.15) is 5.78 Å². The highest BCUT2D eigenvalue weighted by molar-refractivity contribution is 8.07. The Morgan fingerprint density at radius 1 is 1.35 bits per heavy atom.